The Labute approximate surface area is 188 Å². The Bertz CT molecular complexity index is 1450. The molecule has 5 aromatic rings. The normalized spacial score (nSPS) is 11.3. The summed E-state index contributed by atoms with van der Waals surface area (Å²) in [5.74, 6) is 0.301. The summed E-state index contributed by atoms with van der Waals surface area (Å²) in [6, 6.07) is 19.6. The summed E-state index contributed by atoms with van der Waals surface area (Å²) in [5.41, 5.74) is 5.24. The van der Waals surface area contributed by atoms with Crippen LogP contribution in [0.15, 0.2) is 65.1 Å². The molecule has 3 aromatic carbocycles. The van der Waals surface area contributed by atoms with Crippen LogP contribution in [0.25, 0.3) is 32.6 Å². The van der Waals surface area contributed by atoms with Gasteiger partial charge in [-0.3, -0.25) is 4.79 Å². The van der Waals surface area contributed by atoms with Crippen molar-refractivity contribution in [2.24, 2.45) is 0 Å². The molecule has 0 aliphatic carbocycles. The molecule has 5 rings (SSSR count). The lowest BCUT2D eigenvalue weighted by Crippen LogP contribution is -2.11. The number of anilines is 1. The lowest BCUT2D eigenvalue weighted by Gasteiger charge is -2.09. The topological polar surface area (TPSA) is 55.1 Å². The largest absolute Gasteiger partial charge is 0.436 e. The van der Waals surface area contributed by atoms with Crippen molar-refractivity contribution in [1.82, 2.24) is 4.98 Å². The van der Waals surface area contributed by atoms with Crippen molar-refractivity contribution < 1.29 is 9.21 Å². The van der Waals surface area contributed by atoms with Crippen molar-refractivity contribution in [3.8, 4) is 11.5 Å². The minimum Gasteiger partial charge on any atom is -0.436 e. The Balaban J connectivity index is 1.48. The van der Waals surface area contributed by atoms with E-state index in [1.54, 1.807) is 0 Å². The van der Waals surface area contributed by atoms with Gasteiger partial charge in [-0.15, -0.1) is 11.3 Å². The van der Waals surface area contributed by atoms with Gasteiger partial charge < -0.3 is 9.73 Å². The number of carbonyl (C=O) groups is 1. The van der Waals surface area contributed by atoms with Crippen LogP contribution < -0.4 is 5.32 Å². The highest BCUT2D eigenvalue weighted by Gasteiger charge is 2.18. The molecule has 2 heterocycles. The predicted molar refractivity (Wildman–Crippen MR) is 128 cm³/mol. The van der Waals surface area contributed by atoms with E-state index in [1.165, 1.54) is 16.9 Å². The lowest BCUT2D eigenvalue weighted by atomic mass is 10.1. The molecule has 0 saturated carbocycles. The number of benzene rings is 3. The van der Waals surface area contributed by atoms with E-state index in [0.29, 0.717) is 21.5 Å². The molecular weight excluding hydrogens is 428 g/mol. The summed E-state index contributed by atoms with van der Waals surface area (Å²) >= 11 is 7.87. The zero-order chi connectivity index (χ0) is 21.5. The van der Waals surface area contributed by atoms with Crippen LogP contribution in [0.1, 0.15) is 27.7 Å². The molecule has 154 valence electrons. The highest BCUT2D eigenvalue weighted by atomic mass is 35.5. The van der Waals surface area contributed by atoms with Crippen LogP contribution in [-0.4, -0.2) is 10.9 Å². The number of hydrogen-bond donors (Lipinski definition) is 1. The van der Waals surface area contributed by atoms with Crippen LogP contribution in [0.5, 0.6) is 0 Å². The van der Waals surface area contributed by atoms with Gasteiger partial charge >= 0.3 is 0 Å². The number of amides is 1. The number of fused-ring (bicyclic) bond motifs is 2. The van der Waals surface area contributed by atoms with Gasteiger partial charge in [0, 0.05) is 21.3 Å². The summed E-state index contributed by atoms with van der Waals surface area (Å²) in [5, 5.41) is 4.38. The molecular formula is C25H19ClN2O2S. The number of rotatable bonds is 4. The number of nitrogens with one attached hydrogen (secondary N) is 1. The SMILES string of the molecule is CCc1ccc2oc(-c3ccc(C)c(NC(=O)c4sc5ccccc5c4Cl)c3)nc2c1. The Morgan fingerprint density at radius 1 is 1.13 bits per heavy atom. The summed E-state index contributed by atoms with van der Waals surface area (Å²) in [4.78, 5) is 18.1. The van der Waals surface area contributed by atoms with Crippen molar-refractivity contribution in [3.05, 3.63) is 81.7 Å². The van der Waals surface area contributed by atoms with Crippen molar-refractivity contribution in [2.45, 2.75) is 20.3 Å². The third-order valence-corrected chi connectivity index (χ3v) is 7.01. The second-order valence-electron chi connectivity index (χ2n) is 7.40. The molecule has 0 aliphatic heterocycles. The Morgan fingerprint density at radius 2 is 1.97 bits per heavy atom. The first-order chi connectivity index (χ1) is 15.0. The molecule has 31 heavy (non-hydrogen) atoms. The molecule has 0 bridgehead atoms. The Morgan fingerprint density at radius 3 is 2.77 bits per heavy atom. The van der Waals surface area contributed by atoms with Gasteiger partial charge in [-0.05, 0) is 54.8 Å². The van der Waals surface area contributed by atoms with E-state index >= 15 is 0 Å². The fourth-order valence-corrected chi connectivity index (χ4v) is 4.96. The second kappa shape index (κ2) is 7.84. The molecule has 1 N–H and O–H groups in total. The molecule has 2 aromatic heterocycles. The molecule has 0 unspecified atom stereocenters. The predicted octanol–water partition coefficient (Wildman–Crippen LogP) is 7.49. The molecule has 0 fully saturated rings. The molecule has 0 radical (unpaired) electrons. The van der Waals surface area contributed by atoms with Crippen LogP contribution in [-0.2, 0) is 6.42 Å². The number of oxazole rings is 1. The van der Waals surface area contributed by atoms with E-state index in [-0.39, 0.29) is 5.91 Å². The molecule has 1 amide bonds. The molecule has 0 spiro atoms. The van der Waals surface area contributed by atoms with Crippen LogP contribution in [0.3, 0.4) is 0 Å². The van der Waals surface area contributed by atoms with Gasteiger partial charge in [0.15, 0.2) is 5.58 Å². The van der Waals surface area contributed by atoms with Gasteiger partial charge in [0.05, 0.1) is 5.02 Å². The Kier molecular flexibility index (Phi) is 5.00. The average molecular weight is 447 g/mol. The Hall–Kier alpha value is -3.15. The number of nitrogens with zero attached hydrogens (tertiary/aromatic N) is 1. The number of aryl methyl sites for hydroxylation is 2. The van der Waals surface area contributed by atoms with Crippen molar-refractivity contribution in [1.29, 1.82) is 0 Å². The van der Waals surface area contributed by atoms with E-state index in [0.717, 1.165) is 38.7 Å². The van der Waals surface area contributed by atoms with Crippen molar-refractivity contribution >= 4 is 55.7 Å². The smallest absolute Gasteiger partial charge is 0.267 e. The van der Waals surface area contributed by atoms with Gasteiger partial charge in [0.1, 0.15) is 10.4 Å². The van der Waals surface area contributed by atoms with Crippen molar-refractivity contribution in [2.75, 3.05) is 5.32 Å². The molecule has 6 heteroatoms. The van der Waals surface area contributed by atoms with Gasteiger partial charge in [-0.1, -0.05) is 48.9 Å². The third-order valence-electron chi connectivity index (χ3n) is 5.33. The van der Waals surface area contributed by atoms with E-state index in [1.807, 2.05) is 67.6 Å². The second-order valence-corrected chi connectivity index (χ2v) is 8.83. The van der Waals surface area contributed by atoms with Gasteiger partial charge in [0.2, 0.25) is 5.89 Å². The first-order valence-electron chi connectivity index (χ1n) is 10.0. The molecule has 4 nitrogen and oxygen atoms in total. The zero-order valence-corrected chi connectivity index (χ0v) is 18.6. The highest BCUT2D eigenvalue weighted by Crippen LogP contribution is 2.36. The number of carbonyl (C=O) groups excluding carboxylic acids is 1. The summed E-state index contributed by atoms with van der Waals surface area (Å²) in [6.45, 7) is 4.06. The maximum absolute atomic E-state index is 13.0. The number of thiophene rings is 1. The lowest BCUT2D eigenvalue weighted by molar-refractivity contribution is 0.103. The minimum atomic E-state index is -0.225. The maximum atomic E-state index is 13.0. The first-order valence-corrected chi connectivity index (χ1v) is 11.2. The van der Waals surface area contributed by atoms with Crippen LogP contribution in [0, 0.1) is 6.92 Å². The van der Waals surface area contributed by atoms with Crippen LogP contribution in [0.2, 0.25) is 5.02 Å². The van der Waals surface area contributed by atoms with Crippen LogP contribution in [0.4, 0.5) is 5.69 Å². The van der Waals surface area contributed by atoms with Gasteiger partial charge in [-0.2, -0.15) is 0 Å². The first kappa shape index (κ1) is 19.8. The highest BCUT2D eigenvalue weighted by molar-refractivity contribution is 7.21. The van der Waals surface area contributed by atoms with E-state index in [2.05, 4.69) is 17.2 Å². The fourth-order valence-electron chi connectivity index (χ4n) is 3.55. The van der Waals surface area contributed by atoms with Crippen molar-refractivity contribution in [3.63, 3.8) is 0 Å². The summed E-state index contributed by atoms with van der Waals surface area (Å²) < 4.78 is 6.94. The minimum absolute atomic E-state index is 0.225. The molecule has 0 atom stereocenters. The van der Waals surface area contributed by atoms with Crippen LogP contribution >= 0.6 is 22.9 Å². The third kappa shape index (κ3) is 3.60. The average Bonchev–Trinajstić information content (AvgIpc) is 3.36. The van der Waals surface area contributed by atoms with Gasteiger partial charge in [-0.25, -0.2) is 4.98 Å². The molecule has 0 saturated heterocycles. The van der Waals surface area contributed by atoms with Gasteiger partial charge in [0.25, 0.3) is 5.91 Å². The molecule has 0 aliphatic rings. The van der Waals surface area contributed by atoms with E-state index in [9.17, 15) is 4.79 Å². The number of halogens is 1. The summed E-state index contributed by atoms with van der Waals surface area (Å²) in [6.07, 6.45) is 0.944. The zero-order valence-electron chi connectivity index (χ0n) is 17.0. The quantitative estimate of drug-likeness (QED) is 0.311. The van der Waals surface area contributed by atoms with E-state index < -0.39 is 0 Å². The number of aromatic nitrogens is 1. The maximum Gasteiger partial charge on any atom is 0.267 e. The summed E-state index contributed by atoms with van der Waals surface area (Å²) in [7, 11) is 0. The number of hydrogen-bond acceptors (Lipinski definition) is 4. The monoisotopic (exact) mass is 446 g/mol. The van der Waals surface area contributed by atoms with E-state index in [4.69, 9.17) is 16.0 Å². The fraction of sp³-hybridized carbons (Fsp3) is 0.120. The standard InChI is InChI=1S/C25H19ClN2O2S/c1-3-15-9-11-20-19(12-15)28-25(30-20)16-10-8-14(2)18(13-16)27-24(29)23-22(26)17-6-4-5-7-21(17)31-23/h4-13H,3H2,1-2H3,(H,27,29).